The molecule has 1 heterocycles. The van der Waals surface area contributed by atoms with Crippen molar-refractivity contribution in [3.05, 3.63) is 53.5 Å². The lowest BCUT2D eigenvalue weighted by molar-refractivity contribution is 0.866. The van der Waals surface area contributed by atoms with E-state index >= 15 is 0 Å². The molecule has 18 heavy (non-hydrogen) atoms. The van der Waals surface area contributed by atoms with Crippen molar-refractivity contribution in [3.63, 3.8) is 0 Å². The Kier molecular flexibility index (Phi) is 3.92. The van der Waals surface area contributed by atoms with E-state index in [1.807, 2.05) is 6.07 Å². The average molecular weight is 241 g/mol. The van der Waals surface area contributed by atoms with Gasteiger partial charge in [0.15, 0.2) is 0 Å². The Bertz CT molecular complexity index is 505. The quantitative estimate of drug-likeness (QED) is 0.890. The Hall–Kier alpha value is -1.90. The number of rotatable bonds is 4. The molecule has 3 nitrogen and oxygen atoms in total. The maximum Gasteiger partial charge on any atom is 0.130 e. The topological polar surface area (TPSA) is 37.8 Å². The molecule has 3 heteroatoms. The summed E-state index contributed by atoms with van der Waals surface area (Å²) in [5, 5.41) is 3.40. The predicted molar refractivity (Wildman–Crippen MR) is 74.6 cm³/mol. The summed E-state index contributed by atoms with van der Waals surface area (Å²) in [5.74, 6) is 0.884. The first-order valence-corrected chi connectivity index (χ1v) is 6.33. The Morgan fingerprint density at radius 1 is 1.17 bits per heavy atom. The highest BCUT2D eigenvalue weighted by Crippen LogP contribution is 2.18. The van der Waals surface area contributed by atoms with Crippen molar-refractivity contribution in [2.75, 3.05) is 5.32 Å². The van der Waals surface area contributed by atoms with E-state index in [1.54, 1.807) is 6.33 Å². The van der Waals surface area contributed by atoms with E-state index in [4.69, 9.17) is 0 Å². The van der Waals surface area contributed by atoms with Crippen molar-refractivity contribution < 1.29 is 0 Å². The van der Waals surface area contributed by atoms with Crippen LogP contribution in [0.3, 0.4) is 0 Å². The van der Waals surface area contributed by atoms with Crippen LogP contribution in [-0.4, -0.2) is 9.97 Å². The Balaban J connectivity index is 2.10. The minimum atomic E-state index is 0.241. The number of hydrogen-bond donors (Lipinski definition) is 1. The molecule has 1 aromatic carbocycles. The molecule has 0 fully saturated rings. The van der Waals surface area contributed by atoms with Gasteiger partial charge in [0.25, 0.3) is 0 Å². The van der Waals surface area contributed by atoms with Gasteiger partial charge in [-0.1, -0.05) is 36.8 Å². The van der Waals surface area contributed by atoms with Crippen molar-refractivity contribution in [2.45, 2.75) is 33.2 Å². The molecule has 0 bridgehead atoms. The largest absolute Gasteiger partial charge is 0.363 e. The normalized spacial score (nSPS) is 12.2. The Labute approximate surface area is 108 Å². The van der Waals surface area contributed by atoms with Gasteiger partial charge < -0.3 is 5.32 Å². The molecule has 2 rings (SSSR count). The number of nitrogens with one attached hydrogen (secondary N) is 1. The van der Waals surface area contributed by atoms with Crippen LogP contribution in [0.15, 0.2) is 36.7 Å². The van der Waals surface area contributed by atoms with Crippen LogP contribution in [-0.2, 0) is 6.42 Å². The molecule has 0 spiro atoms. The highest BCUT2D eigenvalue weighted by atomic mass is 15.0. The first-order valence-electron chi connectivity index (χ1n) is 6.33. The molecule has 1 N–H and O–H groups in total. The summed E-state index contributed by atoms with van der Waals surface area (Å²) in [5.41, 5.74) is 3.60. The number of hydrogen-bond acceptors (Lipinski definition) is 3. The van der Waals surface area contributed by atoms with Crippen molar-refractivity contribution in [3.8, 4) is 0 Å². The average Bonchev–Trinajstić information content (AvgIpc) is 2.39. The molecule has 94 valence electrons. The number of nitrogens with zero attached hydrogens (tertiary/aromatic N) is 2. The van der Waals surface area contributed by atoms with E-state index < -0.39 is 0 Å². The maximum atomic E-state index is 4.25. The second-order valence-corrected chi connectivity index (χ2v) is 4.52. The molecule has 0 radical (unpaired) electrons. The van der Waals surface area contributed by atoms with Crippen LogP contribution in [0.4, 0.5) is 5.82 Å². The van der Waals surface area contributed by atoms with Gasteiger partial charge in [0.05, 0.1) is 0 Å². The molecule has 1 aromatic heterocycles. The lowest BCUT2D eigenvalue weighted by atomic mass is 10.1. The number of aryl methyl sites for hydroxylation is 2. The van der Waals surface area contributed by atoms with Gasteiger partial charge in [0, 0.05) is 17.8 Å². The Morgan fingerprint density at radius 3 is 2.56 bits per heavy atom. The van der Waals surface area contributed by atoms with Crippen LogP contribution in [0, 0.1) is 6.92 Å². The fourth-order valence-corrected chi connectivity index (χ4v) is 1.83. The lowest BCUT2D eigenvalue weighted by Crippen LogP contribution is -2.08. The van der Waals surface area contributed by atoms with Gasteiger partial charge in [-0.05, 0) is 25.8 Å². The van der Waals surface area contributed by atoms with Gasteiger partial charge in [-0.2, -0.15) is 0 Å². The van der Waals surface area contributed by atoms with Crippen LogP contribution in [0.2, 0.25) is 0 Å². The highest BCUT2D eigenvalue weighted by Gasteiger charge is 2.06. The predicted octanol–water partition coefficient (Wildman–Crippen LogP) is 3.52. The molecule has 0 aliphatic heterocycles. The molecule has 0 saturated carbocycles. The maximum absolute atomic E-state index is 4.25. The zero-order chi connectivity index (χ0) is 13.0. The van der Waals surface area contributed by atoms with Crippen LogP contribution >= 0.6 is 0 Å². The van der Waals surface area contributed by atoms with E-state index in [-0.39, 0.29) is 6.04 Å². The van der Waals surface area contributed by atoms with Crippen LogP contribution in [0.25, 0.3) is 0 Å². The third-order valence-corrected chi connectivity index (χ3v) is 3.03. The fourth-order valence-electron chi connectivity index (χ4n) is 1.83. The number of aromatic nitrogens is 2. The van der Waals surface area contributed by atoms with Crippen molar-refractivity contribution in [2.24, 2.45) is 0 Å². The van der Waals surface area contributed by atoms with E-state index in [0.29, 0.717) is 0 Å². The summed E-state index contributed by atoms with van der Waals surface area (Å²) in [4.78, 5) is 8.45. The minimum absolute atomic E-state index is 0.241. The summed E-state index contributed by atoms with van der Waals surface area (Å²) < 4.78 is 0. The SMILES string of the molecule is CCc1cc(NC(C)c2ccc(C)cc2)ncn1. The first kappa shape index (κ1) is 12.6. The van der Waals surface area contributed by atoms with Crippen molar-refractivity contribution >= 4 is 5.82 Å². The molecule has 0 amide bonds. The molecular formula is C15H19N3. The van der Waals surface area contributed by atoms with Crippen molar-refractivity contribution in [1.29, 1.82) is 0 Å². The van der Waals surface area contributed by atoms with Crippen molar-refractivity contribution in [1.82, 2.24) is 9.97 Å². The molecule has 0 aliphatic carbocycles. The summed E-state index contributed by atoms with van der Waals surface area (Å²) in [6.45, 7) is 6.33. The van der Waals surface area contributed by atoms with Gasteiger partial charge in [-0.15, -0.1) is 0 Å². The van der Waals surface area contributed by atoms with Gasteiger partial charge in [-0.3, -0.25) is 0 Å². The summed E-state index contributed by atoms with van der Waals surface area (Å²) in [6.07, 6.45) is 2.54. The number of benzene rings is 1. The molecule has 2 aromatic rings. The summed E-state index contributed by atoms with van der Waals surface area (Å²) >= 11 is 0. The molecular weight excluding hydrogens is 222 g/mol. The summed E-state index contributed by atoms with van der Waals surface area (Å²) in [7, 11) is 0. The van der Waals surface area contributed by atoms with Crippen LogP contribution < -0.4 is 5.32 Å². The third-order valence-electron chi connectivity index (χ3n) is 3.03. The zero-order valence-corrected chi connectivity index (χ0v) is 11.1. The van der Waals surface area contributed by atoms with Gasteiger partial charge >= 0.3 is 0 Å². The second kappa shape index (κ2) is 5.63. The monoisotopic (exact) mass is 241 g/mol. The molecule has 1 unspecified atom stereocenters. The summed E-state index contributed by atoms with van der Waals surface area (Å²) in [6, 6.07) is 10.8. The lowest BCUT2D eigenvalue weighted by Gasteiger charge is -2.15. The highest BCUT2D eigenvalue weighted by molar-refractivity contribution is 5.39. The van der Waals surface area contributed by atoms with E-state index in [0.717, 1.165) is 17.9 Å². The van der Waals surface area contributed by atoms with Gasteiger partial charge in [0.2, 0.25) is 0 Å². The first-order chi connectivity index (χ1) is 8.69. The van der Waals surface area contributed by atoms with Gasteiger partial charge in [0.1, 0.15) is 12.1 Å². The number of anilines is 1. The van der Waals surface area contributed by atoms with E-state index in [1.165, 1.54) is 11.1 Å². The second-order valence-electron chi connectivity index (χ2n) is 4.52. The van der Waals surface area contributed by atoms with E-state index in [2.05, 4.69) is 60.3 Å². The van der Waals surface area contributed by atoms with Gasteiger partial charge in [-0.25, -0.2) is 9.97 Å². The molecule has 0 saturated heterocycles. The molecule has 1 atom stereocenters. The fraction of sp³-hybridized carbons (Fsp3) is 0.333. The standard InChI is InChI=1S/C15H19N3/c1-4-14-9-15(17-10-16-14)18-12(3)13-7-5-11(2)6-8-13/h5-10,12H,4H2,1-3H3,(H,16,17,18). The van der Waals surface area contributed by atoms with E-state index in [9.17, 15) is 0 Å². The smallest absolute Gasteiger partial charge is 0.130 e. The van der Waals surface area contributed by atoms with Crippen LogP contribution in [0.1, 0.15) is 36.7 Å². The van der Waals surface area contributed by atoms with Crippen LogP contribution in [0.5, 0.6) is 0 Å². The molecule has 0 aliphatic rings. The minimum Gasteiger partial charge on any atom is -0.363 e. The third kappa shape index (κ3) is 3.06. The Morgan fingerprint density at radius 2 is 1.89 bits per heavy atom. The zero-order valence-electron chi connectivity index (χ0n) is 11.1.